The van der Waals surface area contributed by atoms with Crippen molar-refractivity contribution in [2.24, 2.45) is 0 Å². The molecule has 5 heteroatoms. The molecule has 1 saturated heterocycles. The van der Waals surface area contributed by atoms with Crippen molar-refractivity contribution in [1.82, 2.24) is 10.3 Å². The number of aromatic nitrogens is 1. The van der Waals surface area contributed by atoms with Crippen molar-refractivity contribution in [2.45, 2.75) is 25.3 Å². The monoisotopic (exact) mass is 370 g/mol. The summed E-state index contributed by atoms with van der Waals surface area (Å²) in [5.74, 6) is 1.60. The van der Waals surface area contributed by atoms with E-state index in [0.29, 0.717) is 11.9 Å². The molecular weight excluding hydrogens is 348 g/mol. The first-order valence-corrected chi connectivity index (χ1v) is 8.81. The Labute approximate surface area is 160 Å². The predicted octanol–water partition coefficient (Wildman–Crippen LogP) is 4.49. The summed E-state index contributed by atoms with van der Waals surface area (Å²) in [6.45, 7) is 1.86. The SMILES string of the molecule is Cl.c1coc(-c2ccc(Cc3ccc(OCC4CCCN4)cc3)cc2)n1. The van der Waals surface area contributed by atoms with E-state index >= 15 is 0 Å². The maximum absolute atomic E-state index is 5.87. The molecule has 4 nitrogen and oxygen atoms in total. The molecule has 2 aromatic carbocycles. The molecule has 1 fully saturated rings. The average Bonchev–Trinajstić information content (AvgIpc) is 3.36. The first-order valence-electron chi connectivity index (χ1n) is 8.81. The molecular formula is C21H23ClN2O2. The molecule has 1 aliphatic rings. The van der Waals surface area contributed by atoms with Gasteiger partial charge in [0, 0.05) is 11.6 Å². The number of hydrogen-bond donors (Lipinski definition) is 1. The second kappa shape index (κ2) is 8.88. The van der Waals surface area contributed by atoms with E-state index in [2.05, 4.69) is 46.7 Å². The fourth-order valence-electron chi connectivity index (χ4n) is 3.17. The van der Waals surface area contributed by atoms with E-state index in [1.54, 1.807) is 12.5 Å². The summed E-state index contributed by atoms with van der Waals surface area (Å²) < 4.78 is 11.2. The Hall–Kier alpha value is -2.30. The highest BCUT2D eigenvalue weighted by Crippen LogP contribution is 2.20. The van der Waals surface area contributed by atoms with Crippen LogP contribution < -0.4 is 10.1 Å². The standard InChI is InChI=1S/C21H22N2O2.ClH/c1-2-19(22-11-1)15-25-20-9-5-17(6-10-20)14-16-3-7-18(8-4-16)21-23-12-13-24-21;/h3-10,12-13,19,22H,1-2,11,14-15H2;1H. The van der Waals surface area contributed by atoms with E-state index in [-0.39, 0.29) is 12.4 Å². The van der Waals surface area contributed by atoms with E-state index in [4.69, 9.17) is 9.15 Å². The van der Waals surface area contributed by atoms with E-state index in [1.165, 1.54) is 24.0 Å². The minimum Gasteiger partial charge on any atom is -0.492 e. The van der Waals surface area contributed by atoms with Crippen molar-refractivity contribution in [2.75, 3.05) is 13.2 Å². The van der Waals surface area contributed by atoms with Crippen molar-refractivity contribution < 1.29 is 9.15 Å². The molecule has 0 saturated carbocycles. The Balaban J connectivity index is 0.00000196. The lowest BCUT2D eigenvalue weighted by Gasteiger charge is -2.12. The lowest BCUT2D eigenvalue weighted by Crippen LogP contribution is -2.28. The zero-order valence-corrected chi connectivity index (χ0v) is 15.4. The average molecular weight is 371 g/mol. The molecule has 0 amide bonds. The van der Waals surface area contributed by atoms with Gasteiger partial charge in [-0.2, -0.15) is 0 Å². The van der Waals surface area contributed by atoms with Gasteiger partial charge in [-0.25, -0.2) is 4.98 Å². The van der Waals surface area contributed by atoms with Crippen LogP contribution in [0.4, 0.5) is 0 Å². The molecule has 1 unspecified atom stereocenters. The maximum Gasteiger partial charge on any atom is 0.225 e. The van der Waals surface area contributed by atoms with Crippen molar-refractivity contribution >= 4 is 12.4 Å². The number of hydrogen-bond acceptors (Lipinski definition) is 4. The summed E-state index contributed by atoms with van der Waals surface area (Å²) in [4.78, 5) is 4.17. The zero-order valence-electron chi connectivity index (χ0n) is 14.6. The maximum atomic E-state index is 5.87. The largest absolute Gasteiger partial charge is 0.492 e. The van der Waals surface area contributed by atoms with Crippen LogP contribution in [0.15, 0.2) is 65.4 Å². The quantitative estimate of drug-likeness (QED) is 0.694. The van der Waals surface area contributed by atoms with Gasteiger partial charge in [-0.05, 0) is 61.2 Å². The van der Waals surface area contributed by atoms with Gasteiger partial charge in [-0.15, -0.1) is 12.4 Å². The van der Waals surface area contributed by atoms with Gasteiger partial charge in [0.15, 0.2) is 0 Å². The number of ether oxygens (including phenoxy) is 1. The molecule has 3 aromatic rings. The number of nitrogens with one attached hydrogen (secondary N) is 1. The molecule has 2 heterocycles. The Bertz CT molecular complexity index is 780. The minimum absolute atomic E-state index is 0. The number of benzene rings is 2. The summed E-state index contributed by atoms with van der Waals surface area (Å²) in [5, 5.41) is 3.45. The molecule has 0 spiro atoms. The van der Waals surface area contributed by atoms with Gasteiger partial charge in [0.25, 0.3) is 0 Å². The second-order valence-electron chi connectivity index (χ2n) is 6.46. The number of nitrogens with zero attached hydrogens (tertiary/aromatic N) is 1. The fraction of sp³-hybridized carbons (Fsp3) is 0.286. The summed E-state index contributed by atoms with van der Waals surface area (Å²) >= 11 is 0. The van der Waals surface area contributed by atoms with Crippen LogP contribution in [0.3, 0.4) is 0 Å². The highest BCUT2D eigenvalue weighted by atomic mass is 35.5. The summed E-state index contributed by atoms with van der Waals surface area (Å²) in [6.07, 6.45) is 6.62. The predicted molar refractivity (Wildman–Crippen MR) is 105 cm³/mol. The van der Waals surface area contributed by atoms with E-state index < -0.39 is 0 Å². The minimum atomic E-state index is 0. The van der Waals surface area contributed by atoms with Crippen LogP contribution in [0, 0.1) is 0 Å². The second-order valence-corrected chi connectivity index (χ2v) is 6.46. The summed E-state index contributed by atoms with van der Waals surface area (Å²) in [6, 6.07) is 17.2. The van der Waals surface area contributed by atoms with Crippen LogP contribution in [0.2, 0.25) is 0 Å². The lowest BCUT2D eigenvalue weighted by atomic mass is 10.0. The molecule has 4 rings (SSSR count). The van der Waals surface area contributed by atoms with E-state index in [9.17, 15) is 0 Å². The first kappa shape index (κ1) is 18.5. The van der Waals surface area contributed by atoms with Gasteiger partial charge in [0.05, 0.1) is 6.20 Å². The van der Waals surface area contributed by atoms with E-state index in [0.717, 1.165) is 30.9 Å². The fourth-order valence-corrected chi connectivity index (χ4v) is 3.17. The number of halogens is 1. The van der Waals surface area contributed by atoms with Gasteiger partial charge in [-0.3, -0.25) is 0 Å². The van der Waals surface area contributed by atoms with Gasteiger partial charge in [0.2, 0.25) is 5.89 Å². The summed E-state index contributed by atoms with van der Waals surface area (Å²) in [5.41, 5.74) is 3.53. The highest BCUT2D eigenvalue weighted by Gasteiger charge is 2.14. The van der Waals surface area contributed by atoms with Crippen LogP contribution in [-0.4, -0.2) is 24.2 Å². The molecule has 136 valence electrons. The van der Waals surface area contributed by atoms with Crippen molar-refractivity contribution in [3.8, 4) is 17.2 Å². The molecule has 1 aromatic heterocycles. The van der Waals surface area contributed by atoms with Crippen molar-refractivity contribution in [3.05, 3.63) is 72.1 Å². The number of rotatable bonds is 6. The van der Waals surface area contributed by atoms with Crippen LogP contribution in [-0.2, 0) is 6.42 Å². The Kier molecular flexibility index (Phi) is 6.31. The van der Waals surface area contributed by atoms with Gasteiger partial charge >= 0.3 is 0 Å². The Morgan fingerprint density at radius 3 is 2.38 bits per heavy atom. The molecule has 26 heavy (non-hydrogen) atoms. The molecule has 1 N–H and O–H groups in total. The molecule has 1 atom stereocenters. The molecule has 0 bridgehead atoms. The number of oxazole rings is 1. The van der Waals surface area contributed by atoms with Crippen LogP contribution in [0.5, 0.6) is 5.75 Å². The first-order chi connectivity index (χ1) is 12.4. The highest BCUT2D eigenvalue weighted by molar-refractivity contribution is 5.85. The van der Waals surface area contributed by atoms with Gasteiger partial charge in [0.1, 0.15) is 18.6 Å². The Morgan fingerprint density at radius 2 is 1.77 bits per heavy atom. The Morgan fingerprint density at radius 1 is 1.04 bits per heavy atom. The molecule has 0 radical (unpaired) electrons. The van der Waals surface area contributed by atoms with Crippen LogP contribution in [0.1, 0.15) is 24.0 Å². The van der Waals surface area contributed by atoms with E-state index in [1.807, 2.05) is 12.1 Å². The van der Waals surface area contributed by atoms with Crippen LogP contribution in [0.25, 0.3) is 11.5 Å². The van der Waals surface area contributed by atoms with Gasteiger partial charge in [-0.1, -0.05) is 24.3 Å². The molecule has 0 aliphatic carbocycles. The third-order valence-electron chi connectivity index (χ3n) is 4.58. The zero-order chi connectivity index (χ0) is 16.9. The smallest absolute Gasteiger partial charge is 0.225 e. The van der Waals surface area contributed by atoms with Crippen molar-refractivity contribution in [3.63, 3.8) is 0 Å². The third-order valence-corrected chi connectivity index (χ3v) is 4.58. The topological polar surface area (TPSA) is 47.3 Å². The van der Waals surface area contributed by atoms with Gasteiger partial charge < -0.3 is 14.5 Å². The lowest BCUT2D eigenvalue weighted by molar-refractivity contribution is 0.277. The van der Waals surface area contributed by atoms with Crippen LogP contribution >= 0.6 is 12.4 Å². The molecule has 1 aliphatic heterocycles. The normalized spacial score (nSPS) is 16.2. The van der Waals surface area contributed by atoms with Crippen molar-refractivity contribution in [1.29, 1.82) is 0 Å². The summed E-state index contributed by atoms with van der Waals surface area (Å²) in [7, 11) is 0. The third kappa shape index (κ3) is 4.65.